The molecular weight excluding hydrogens is 273 g/mol. The number of benzene rings is 1. The predicted octanol–water partition coefficient (Wildman–Crippen LogP) is 3.45. The van der Waals surface area contributed by atoms with Crippen LogP contribution in [0.15, 0.2) is 22.7 Å². The van der Waals surface area contributed by atoms with Crippen LogP contribution in [-0.2, 0) is 11.8 Å². The minimum Gasteiger partial charge on any atom is -0.385 e. The Morgan fingerprint density at radius 2 is 1.87 bits per heavy atom. The van der Waals surface area contributed by atoms with Crippen molar-refractivity contribution >= 4 is 15.9 Å². The Morgan fingerprint density at radius 3 is 2.27 bits per heavy atom. The lowest BCUT2D eigenvalue weighted by Gasteiger charge is -2.13. The van der Waals surface area contributed by atoms with E-state index in [1.165, 1.54) is 6.07 Å². The Bertz CT molecular complexity index is 396. The molecule has 0 aromatic heterocycles. The Kier molecular flexibility index (Phi) is 2.35. The van der Waals surface area contributed by atoms with Gasteiger partial charge in [0.1, 0.15) is 0 Å². The molecule has 0 saturated heterocycles. The third-order valence-corrected chi connectivity index (χ3v) is 3.18. The molecule has 1 aliphatic carbocycles. The molecule has 1 N–H and O–H groups in total. The summed E-state index contributed by atoms with van der Waals surface area (Å²) >= 11 is 3.06. The molecule has 0 bridgehead atoms. The highest BCUT2D eigenvalue weighted by atomic mass is 79.9. The van der Waals surface area contributed by atoms with Crippen molar-refractivity contribution in [3.63, 3.8) is 0 Å². The van der Waals surface area contributed by atoms with Gasteiger partial charge in [-0.15, -0.1) is 0 Å². The number of hydrogen-bond donors (Lipinski definition) is 1. The first-order chi connectivity index (χ1) is 6.83. The van der Waals surface area contributed by atoms with E-state index in [0.717, 1.165) is 12.1 Å². The maximum Gasteiger partial charge on any atom is 0.416 e. The first kappa shape index (κ1) is 11.0. The molecule has 0 amide bonds. The molecule has 0 radical (unpaired) electrons. The molecule has 1 aliphatic rings. The van der Waals surface area contributed by atoms with Gasteiger partial charge in [-0.05, 0) is 30.5 Å². The van der Waals surface area contributed by atoms with Gasteiger partial charge in [-0.3, -0.25) is 0 Å². The molecule has 82 valence electrons. The van der Waals surface area contributed by atoms with Crippen molar-refractivity contribution in [3.8, 4) is 0 Å². The maximum atomic E-state index is 12.3. The summed E-state index contributed by atoms with van der Waals surface area (Å²) in [6.07, 6.45) is -3.12. The Labute approximate surface area is 93.0 Å². The maximum absolute atomic E-state index is 12.3. The highest BCUT2D eigenvalue weighted by Crippen LogP contribution is 2.48. The van der Waals surface area contributed by atoms with E-state index in [2.05, 4.69) is 15.9 Å². The second kappa shape index (κ2) is 3.22. The number of halogens is 4. The van der Waals surface area contributed by atoms with Crippen molar-refractivity contribution in [1.82, 2.24) is 0 Å². The third kappa shape index (κ3) is 2.03. The molecule has 0 atom stereocenters. The average molecular weight is 281 g/mol. The fourth-order valence-corrected chi connectivity index (χ4v) is 2.20. The molecule has 0 spiro atoms. The zero-order valence-corrected chi connectivity index (χ0v) is 9.19. The Morgan fingerprint density at radius 1 is 1.27 bits per heavy atom. The van der Waals surface area contributed by atoms with Gasteiger partial charge in [0.05, 0.1) is 11.2 Å². The van der Waals surface area contributed by atoms with Crippen LogP contribution < -0.4 is 0 Å². The van der Waals surface area contributed by atoms with Crippen molar-refractivity contribution < 1.29 is 18.3 Å². The number of alkyl halides is 3. The molecule has 5 heteroatoms. The van der Waals surface area contributed by atoms with Crippen LogP contribution in [0.5, 0.6) is 0 Å². The first-order valence-corrected chi connectivity index (χ1v) is 5.22. The molecule has 1 aromatic rings. The van der Waals surface area contributed by atoms with E-state index in [-0.39, 0.29) is 0 Å². The lowest BCUT2D eigenvalue weighted by atomic mass is 10.1. The monoisotopic (exact) mass is 280 g/mol. The van der Waals surface area contributed by atoms with Crippen LogP contribution in [0.1, 0.15) is 24.0 Å². The smallest absolute Gasteiger partial charge is 0.385 e. The zero-order valence-electron chi connectivity index (χ0n) is 7.61. The van der Waals surface area contributed by atoms with E-state index in [1.54, 1.807) is 0 Å². The Hall–Kier alpha value is -0.550. The fourth-order valence-electron chi connectivity index (χ4n) is 1.46. The average Bonchev–Trinajstić information content (AvgIpc) is 2.82. The summed E-state index contributed by atoms with van der Waals surface area (Å²) in [7, 11) is 0. The largest absolute Gasteiger partial charge is 0.416 e. The van der Waals surface area contributed by atoms with E-state index in [0.29, 0.717) is 22.9 Å². The van der Waals surface area contributed by atoms with E-state index >= 15 is 0 Å². The summed E-state index contributed by atoms with van der Waals surface area (Å²) in [5.74, 6) is 0. The van der Waals surface area contributed by atoms with Crippen molar-refractivity contribution in [2.24, 2.45) is 0 Å². The van der Waals surface area contributed by atoms with Gasteiger partial charge in [0.25, 0.3) is 0 Å². The second-order valence-electron chi connectivity index (χ2n) is 3.72. The van der Waals surface area contributed by atoms with Gasteiger partial charge >= 0.3 is 6.18 Å². The fraction of sp³-hybridized carbons (Fsp3) is 0.400. The lowest BCUT2D eigenvalue weighted by Crippen LogP contribution is -2.09. The van der Waals surface area contributed by atoms with E-state index in [9.17, 15) is 18.3 Å². The lowest BCUT2D eigenvalue weighted by molar-refractivity contribution is -0.137. The minimum atomic E-state index is -4.34. The van der Waals surface area contributed by atoms with Crippen molar-refractivity contribution in [1.29, 1.82) is 0 Å². The van der Waals surface area contributed by atoms with Gasteiger partial charge in [0, 0.05) is 4.47 Å². The van der Waals surface area contributed by atoms with Gasteiger partial charge in [-0.25, -0.2) is 0 Å². The van der Waals surface area contributed by atoms with Crippen LogP contribution >= 0.6 is 15.9 Å². The highest BCUT2D eigenvalue weighted by Gasteiger charge is 2.44. The molecule has 15 heavy (non-hydrogen) atoms. The van der Waals surface area contributed by atoms with E-state index in [1.807, 2.05) is 0 Å². The Balaban J connectivity index is 2.40. The van der Waals surface area contributed by atoms with Crippen LogP contribution in [0, 0.1) is 0 Å². The normalized spacial score (nSPS) is 19.0. The van der Waals surface area contributed by atoms with Crippen LogP contribution in [0.3, 0.4) is 0 Å². The third-order valence-electron chi connectivity index (χ3n) is 2.52. The van der Waals surface area contributed by atoms with Crippen LogP contribution in [0.4, 0.5) is 13.2 Å². The zero-order chi connectivity index (χ0) is 11.3. The first-order valence-electron chi connectivity index (χ1n) is 4.42. The van der Waals surface area contributed by atoms with Crippen LogP contribution in [-0.4, -0.2) is 5.11 Å². The van der Waals surface area contributed by atoms with E-state index in [4.69, 9.17) is 0 Å². The van der Waals surface area contributed by atoms with Gasteiger partial charge in [-0.1, -0.05) is 22.0 Å². The van der Waals surface area contributed by atoms with Gasteiger partial charge in [0.15, 0.2) is 0 Å². The summed E-state index contributed by atoms with van der Waals surface area (Å²) in [5, 5.41) is 9.76. The van der Waals surface area contributed by atoms with Crippen molar-refractivity contribution in [2.75, 3.05) is 0 Å². The minimum absolute atomic E-state index is 0.317. The number of aliphatic hydroxyl groups is 1. The molecule has 1 fully saturated rings. The topological polar surface area (TPSA) is 20.2 Å². The molecule has 0 heterocycles. The predicted molar refractivity (Wildman–Crippen MR) is 52.3 cm³/mol. The summed E-state index contributed by atoms with van der Waals surface area (Å²) in [4.78, 5) is 0. The standard InChI is InChI=1S/C10H8BrF3O/c11-8-5-6(10(12,13)14)1-2-7(8)9(15)3-4-9/h1-2,5,15H,3-4H2. The molecule has 0 aliphatic heterocycles. The SMILES string of the molecule is OC1(c2ccc(C(F)(F)F)cc2Br)CC1. The van der Waals surface area contributed by atoms with Gasteiger partial charge < -0.3 is 5.11 Å². The van der Waals surface area contributed by atoms with Gasteiger partial charge in [0.2, 0.25) is 0 Å². The summed E-state index contributed by atoms with van der Waals surface area (Å²) in [6, 6.07) is 3.34. The summed E-state index contributed by atoms with van der Waals surface area (Å²) < 4.78 is 37.3. The molecule has 2 rings (SSSR count). The quantitative estimate of drug-likeness (QED) is 0.836. The van der Waals surface area contributed by atoms with Crippen molar-refractivity contribution in [2.45, 2.75) is 24.6 Å². The number of hydrogen-bond acceptors (Lipinski definition) is 1. The number of rotatable bonds is 1. The van der Waals surface area contributed by atoms with Crippen molar-refractivity contribution in [3.05, 3.63) is 33.8 Å². The second-order valence-corrected chi connectivity index (χ2v) is 4.58. The van der Waals surface area contributed by atoms with E-state index < -0.39 is 17.3 Å². The van der Waals surface area contributed by atoms with Crippen LogP contribution in [0.25, 0.3) is 0 Å². The molecule has 1 saturated carbocycles. The highest BCUT2D eigenvalue weighted by molar-refractivity contribution is 9.10. The molecule has 0 unspecified atom stereocenters. The molecule has 1 nitrogen and oxygen atoms in total. The summed E-state index contributed by atoms with van der Waals surface area (Å²) in [6.45, 7) is 0. The molecular formula is C10H8BrF3O. The van der Waals surface area contributed by atoms with Crippen LogP contribution in [0.2, 0.25) is 0 Å². The summed E-state index contributed by atoms with van der Waals surface area (Å²) in [5.41, 5.74) is -1.08. The molecule has 1 aromatic carbocycles. The van der Waals surface area contributed by atoms with Gasteiger partial charge in [-0.2, -0.15) is 13.2 Å².